The molecule has 0 N–H and O–H groups in total. The molecule has 5 nitrogen and oxygen atoms in total. The van der Waals surface area contributed by atoms with Gasteiger partial charge >= 0.3 is 0 Å². The molecule has 0 aliphatic carbocycles. The summed E-state index contributed by atoms with van der Waals surface area (Å²) in [6, 6.07) is 8.06. The first-order valence-corrected chi connectivity index (χ1v) is 10.4. The zero-order valence-electron chi connectivity index (χ0n) is 17.6. The smallest absolute Gasteiger partial charge is 0.141 e. The van der Waals surface area contributed by atoms with Crippen molar-refractivity contribution >= 4 is 12.2 Å². The minimum Gasteiger partial charge on any atom is -0.497 e. The Morgan fingerprint density at radius 3 is 2.50 bits per heavy atom. The lowest BCUT2D eigenvalue weighted by Gasteiger charge is -2.34. The van der Waals surface area contributed by atoms with Crippen LogP contribution in [0.3, 0.4) is 0 Å². The molecule has 0 bridgehead atoms. The molecule has 1 aliphatic rings. The lowest BCUT2D eigenvalue weighted by Crippen LogP contribution is -2.36. The summed E-state index contributed by atoms with van der Waals surface area (Å²) >= 11 is 5.65. The summed E-state index contributed by atoms with van der Waals surface area (Å²) in [5.74, 6) is 1.76. The van der Waals surface area contributed by atoms with Crippen LogP contribution < -0.4 is 4.74 Å². The maximum atomic E-state index is 6.02. The standard InChI is InChI=1S/C22H31N3O2S/c1-6-24(7-2)12-13-25-19-14-22(3,4)27-15-18(19)21(28)23-20(25)16-8-10-17(26-5)11-9-16/h8-11H,6-7,12-15H2,1-5H3. The Hall–Kier alpha value is -1.76. The van der Waals surface area contributed by atoms with Crippen molar-refractivity contribution in [2.75, 3.05) is 26.7 Å². The quantitative estimate of drug-likeness (QED) is 0.640. The van der Waals surface area contributed by atoms with Crippen molar-refractivity contribution in [2.45, 2.75) is 52.9 Å². The molecule has 28 heavy (non-hydrogen) atoms. The van der Waals surface area contributed by atoms with E-state index >= 15 is 0 Å². The first-order chi connectivity index (χ1) is 13.4. The van der Waals surface area contributed by atoms with Gasteiger partial charge < -0.3 is 18.9 Å². The van der Waals surface area contributed by atoms with Crippen molar-refractivity contribution in [3.05, 3.63) is 40.2 Å². The second-order valence-electron chi connectivity index (χ2n) is 7.80. The van der Waals surface area contributed by atoms with Crippen molar-refractivity contribution in [1.82, 2.24) is 14.5 Å². The maximum Gasteiger partial charge on any atom is 0.141 e. The summed E-state index contributed by atoms with van der Waals surface area (Å²) in [6.07, 6.45) is 0.829. The number of hydrogen-bond acceptors (Lipinski definition) is 5. The van der Waals surface area contributed by atoms with Crippen LogP contribution in [-0.4, -0.2) is 46.8 Å². The first-order valence-electron chi connectivity index (χ1n) is 10.0. The van der Waals surface area contributed by atoms with E-state index in [4.69, 9.17) is 26.7 Å². The monoisotopic (exact) mass is 401 g/mol. The number of rotatable bonds is 7. The second-order valence-corrected chi connectivity index (χ2v) is 8.18. The number of ether oxygens (including phenoxy) is 2. The number of likely N-dealkylation sites (N-methyl/N-ethyl adjacent to an activating group) is 1. The molecule has 152 valence electrons. The van der Waals surface area contributed by atoms with E-state index in [0.29, 0.717) is 11.2 Å². The molecule has 0 saturated carbocycles. The highest BCUT2D eigenvalue weighted by atomic mass is 32.1. The molecule has 0 saturated heterocycles. The highest BCUT2D eigenvalue weighted by Crippen LogP contribution is 2.31. The summed E-state index contributed by atoms with van der Waals surface area (Å²) in [5, 5.41) is 0. The van der Waals surface area contributed by atoms with Gasteiger partial charge in [0.15, 0.2) is 0 Å². The van der Waals surface area contributed by atoms with E-state index in [9.17, 15) is 0 Å². The van der Waals surface area contributed by atoms with E-state index in [2.05, 4.69) is 49.3 Å². The molecule has 6 heteroatoms. The Morgan fingerprint density at radius 1 is 1.21 bits per heavy atom. The van der Waals surface area contributed by atoms with Crippen LogP contribution in [0.4, 0.5) is 0 Å². The van der Waals surface area contributed by atoms with E-state index in [-0.39, 0.29) is 5.60 Å². The maximum absolute atomic E-state index is 6.02. The van der Waals surface area contributed by atoms with Gasteiger partial charge in [0, 0.05) is 36.3 Å². The molecule has 1 aromatic carbocycles. The average molecular weight is 402 g/mol. The Kier molecular flexibility index (Phi) is 6.53. The highest BCUT2D eigenvalue weighted by Gasteiger charge is 2.30. The fourth-order valence-electron chi connectivity index (χ4n) is 3.69. The molecule has 0 spiro atoms. The Bertz CT molecular complexity index is 871. The van der Waals surface area contributed by atoms with Crippen LogP contribution in [0.2, 0.25) is 0 Å². The van der Waals surface area contributed by atoms with E-state index in [1.807, 2.05) is 12.1 Å². The van der Waals surface area contributed by atoms with Crippen LogP contribution in [0.25, 0.3) is 11.4 Å². The van der Waals surface area contributed by atoms with Gasteiger partial charge in [-0.2, -0.15) is 0 Å². The molecule has 3 rings (SSSR count). The second kappa shape index (κ2) is 8.72. The van der Waals surface area contributed by atoms with Gasteiger partial charge in [0.1, 0.15) is 16.2 Å². The predicted octanol–water partition coefficient (Wildman–Crippen LogP) is 4.48. The first kappa shape index (κ1) is 21.0. The topological polar surface area (TPSA) is 39.5 Å². The Balaban J connectivity index is 2.11. The zero-order chi connectivity index (χ0) is 20.3. The summed E-state index contributed by atoms with van der Waals surface area (Å²) < 4.78 is 14.3. The summed E-state index contributed by atoms with van der Waals surface area (Å²) in [6.45, 7) is 13.2. The summed E-state index contributed by atoms with van der Waals surface area (Å²) in [7, 11) is 1.68. The summed E-state index contributed by atoms with van der Waals surface area (Å²) in [5.41, 5.74) is 3.17. The van der Waals surface area contributed by atoms with Crippen LogP contribution in [0.1, 0.15) is 39.0 Å². The summed E-state index contributed by atoms with van der Waals surface area (Å²) in [4.78, 5) is 7.26. The number of methoxy groups -OCH3 is 1. The SMILES string of the molecule is CCN(CC)CCn1c(-c2ccc(OC)cc2)nc(=S)c2c1CC(C)(C)OC2. The molecule has 0 fully saturated rings. The molecular formula is C22H31N3O2S. The van der Waals surface area contributed by atoms with E-state index < -0.39 is 0 Å². The molecule has 1 aromatic heterocycles. The van der Waals surface area contributed by atoms with Gasteiger partial charge in [-0.05, 0) is 51.2 Å². The molecule has 2 aromatic rings. The number of benzene rings is 1. The number of aromatic nitrogens is 2. The van der Waals surface area contributed by atoms with Crippen LogP contribution in [0.15, 0.2) is 24.3 Å². The van der Waals surface area contributed by atoms with Crippen LogP contribution in [0, 0.1) is 4.64 Å². The van der Waals surface area contributed by atoms with Gasteiger partial charge in [0.25, 0.3) is 0 Å². The molecule has 0 atom stereocenters. The molecule has 2 heterocycles. The molecule has 0 radical (unpaired) electrons. The van der Waals surface area contributed by atoms with Gasteiger partial charge in [-0.1, -0.05) is 26.1 Å². The molecular weight excluding hydrogens is 370 g/mol. The van der Waals surface area contributed by atoms with E-state index in [1.54, 1.807) is 7.11 Å². The van der Waals surface area contributed by atoms with Crippen molar-refractivity contribution < 1.29 is 9.47 Å². The van der Waals surface area contributed by atoms with Crippen molar-refractivity contribution in [2.24, 2.45) is 0 Å². The normalized spacial score (nSPS) is 15.5. The molecule has 1 aliphatic heterocycles. The highest BCUT2D eigenvalue weighted by molar-refractivity contribution is 7.71. The lowest BCUT2D eigenvalue weighted by atomic mass is 9.96. The third kappa shape index (κ3) is 4.45. The zero-order valence-corrected chi connectivity index (χ0v) is 18.4. The van der Waals surface area contributed by atoms with Crippen LogP contribution >= 0.6 is 12.2 Å². The number of nitrogens with zero attached hydrogens (tertiary/aromatic N) is 3. The van der Waals surface area contributed by atoms with Gasteiger partial charge in [-0.25, -0.2) is 4.98 Å². The van der Waals surface area contributed by atoms with Crippen LogP contribution in [-0.2, 0) is 24.3 Å². The van der Waals surface area contributed by atoms with Crippen molar-refractivity contribution in [1.29, 1.82) is 0 Å². The minimum atomic E-state index is -0.204. The van der Waals surface area contributed by atoms with Gasteiger partial charge in [-0.3, -0.25) is 0 Å². The molecule has 0 amide bonds. The fraction of sp³-hybridized carbons (Fsp3) is 0.545. The largest absolute Gasteiger partial charge is 0.497 e. The predicted molar refractivity (Wildman–Crippen MR) is 115 cm³/mol. The number of hydrogen-bond donors (Lipinski definition) is 0. The fourth-order valence-corrected chi connectivity index (χ4v) is 3.95. The van der Waals surface area contributed by atoms with Gasteiger partial charge in [-0.15, -0.1) is 0 Å². The van der Waals surface area contributed by atoms with Gasteiger partial charge in [0.05, 0.1) is 19.3 Å². The Morgan fingerprint density at radius 2 is 1.89 bits per heavy atom. The van der Waals surface area contributed by atoms with Gasteiger partial charge in [0.2, 0.25) is 0 Å². The molecule has 0 unspecified atom stereocenters. The minimum absolute atomic E-state index is 0.204. The number of fused-ring (bicyclic) bond motifs is 1. The van der Waals surface area contributed by atoms with Crippen molar-refractivity contribution in [3.8, 4) is 17.1 Å². The average Bonchev–Trinajstić information content (AvgIpc) is 2.69. The third-order valence-electron chi connectivity index (χ3n) is 5.48. The van der Waals surface area contributed by atoms with Crippen molar-refractivity contribution in [3.63, 3.8) is 0 Å². The Labute approximate surface area is 173 Å². The third-order valence-corrected chi connectivity index (χ3v) is 5.82. The van der Waals surface area contributed by atoms with E-state index in [0.717, 1.165) is 55.3 Å². The lowest BCUT2D eigenvalue weighted by molar-refractivity contribution is -0.0429. The van der Waals surface area contributed by atoms with Crippen LogP contribution in [0.5, 0.6) is 5.75 Å². The van der Waals surface area contributed by atoms with E-state index in [1.165, 1.54) is 5.69 Å².